The predicted molar refractivity (Wildman–Crippen MR) is 206 cm³/mol. The second-order valence-electron chi connectivity index (χ2n) is 11.8. The first-order chi connectivity index (χ1) is 22.8. The number of benzene rings is 4. The smallest absolute Gasteiger partial charge is 0.151 e. The van der Waals surface area contributed by atoms with Gasteiger partial charge in [0.2, 0.25) is 0 Å². The van der Waals surface area contributed by atoms with Crippen molar-refractivity contribution in [1.29, 1.82) is 0 Å². The molecule has 0 fully saturated rings. The first-order valence-electron chi connectivity index (χ1n) is 15.0. The maximum Gasteiger partial charge on any atom is 0.151 e. The number of carbonyl (C=O) groups excluding carboxylic acids is 1. The summed E-state index contributed by atoms with van der Waals surface area (Å²) in [6.45, 7) is 8.24. The lowest BCUT2D eigenvalue weighted by atomic mass is 9.90. The Kier molecular flexibility index (Phi) is 11.7. The minimum Gasteiger partial charge on any atom is -0.298 e. The third kappa shape index (κ3) is 7.53. The van der Waals surface area contributed by atoms with E-state index in [2.05, 4.69) is 77.7 Å². The van der Waals surface area contributed by atoms with Gasteiger partial charge in [-0.25, -0.2) is 18.7 Å². The average Bonchev–Trinajstić information content (AvgIpc) is 3.04. The lowest BCUT2D eigenvalue weighted by Gasteiger charge is -2.18. The van der Waals surface area contributed by atoms with Crippen LogP contribution in [-0.4, -0.2) is 16.3 Å². The monoisotopic (exact) mass is 874 g/mol. The average molecular weight is 878 g/mol. The largest absolute Gasteiger partial charge is 0.298 e. The molecule has 0 amide bonds. The Morgan fingerprint density at radius 3 is 1.50 bits per heavy atom. The van der Waals surface area contributed by atoms with Crippen LogP contribution in [0.2, 0.25) is 10.3 Å². The van der Waals surface area contributed by atoms with Crippen LogP contribution in [0.25, 0.3) is 44.1 Å². The predicted octanol–water partition coefficient (Wildman–Crippen LogP) is 13.9. The van der Waals surface area contributed by atoms with E-state index in [1.54, 1.807) is 36.4 Å². The number of rotatable bonds is 6. The van der Waals surface area contributed by atoms with Crippen LogP contribution in [-0.2, 0) is 5.33 Å². The normalized spacial score (nSPS) is 11.4. The maximum atomic E-state index is 13.4. The van der Waals surface area contributed by atoms with Crippen LogP contribution in [0, 0.1) is 11.6 Å². The van der Waals surface area contributed by atoms with Gasteiger partial charge in [-0.15, -0.1) is 0 Å². The van der Waals surface area contributed by atoms with Gasteiger partial charge < -0.3 is 0 Å². The van der Waals surface area contributed by atoms with Crippen molar-refractivity contribution >= 4 is 99.1 Å². The molecule has 4 aromatic carbocycles. The molecule has 6 aromatic rings. The SMILES string of the molecule is CC(C)c1c(Cl)nc2cc(Br)c(C=O)cc2c1-c1ccc(F)cc1.CC(C)c1c(Cl)nc2cc(Br)c(CBr)cc2c1-c1ccc(F)cc1. The molecule has 246 valence electrons. The highest BCUT2D eigenvalue weighted by Crippen LogP contribution is 2.42. The number of aldehydes is 1. The molecule has 0 atom stereocenters. The standard InChI is InChI=1S/C19H15Br2ClFN.C19H14BrClFNO/c1-10(2)17-18(11-3-5-13(23)6-4-11)14-7-12(9-20)15(21)8-16(14)24-19(17)22;1-10(2)17-18(11-3-5-13(22)6-4-11)14-7-12(9-24)15(20)8-16(14)23-19(17)21/h3-8,10H,9H2,1-2H3;3-10H,1-2H3. The Bertz CT molecular complexity index is 2160. The minimum absolute atomic E-state index is 0.123. The van der Waals surface area contributed by atoms with Gasteiger partial charge in [0.25, 0.3) is 0 Å². The summed E-state index contributed by atoms with van der Waals surface area (Å²) < 4.78 is 28.4. The van der Waals surface area contributed by atoms with Crippen LogP contribution in [0.4, 0.5) is 8.78 Å². The highest BCUT2D eigenvalue weighted by molar-refractivity contribution is 9.11. The molecule has 0 saturated heterocycles. The lowest BCUT2D eigenvalue weighted by Crippen LogP contribution is -1.99. The van der Waals surface area contributed by atoms with E-state index >= 15 is 0 Å². The van der Waals surface area contributed by atoms with Crippen molar-refractivity contribution in [2.24, 2.45) is 0 Å². The van der Waals surface area contributed by atoms with Crippen molar-refractivity contribution in [2.75, 3.05) is 0 Å². The maximum absolute atomic E-state index is 13.4. The molecule has 0 saturated carbocycles. The molecule has 0 aliphatic heterocycles. The van der Waals surface area contributed by atoms with Crippen molar-refractivity contribution in [3.05, 3.63) is 126 Å². The van der Waals surface area contributed by atoms with Crippen LogP contribution < -0.4 is 0 Å². The highest BCUT2D eigenvalue weighted by atomic mass is 79.9. The molecule has 6 rings (SSSR count). The molecule has 3 nitrogen and oxygen atoms in total. The summed E-state index contributed by atoms with van der Waals surface area (Å²) >= 11 is 23.4. The summed E-state index contributed by atoms with van der Waals surface area (Å²) in [5, 5.41) is 3.48. The molecular weight excluding hydrogens is 849 g/mol. The van der Waals surface area contributed by atoms with Gasteiger partial charge in [-0.2, -0.15) is 0 Å². The van der Waals surface area contributed by atoms with E-state index in [-0.39, 0.29) is 23.5 Å². The summed E-state index contributed by atoms with van der Waals surface area (Å²) in [6, 6.07) is 20.5. The van der Waals surface area contributed by atoms with Gasteiger partial charge in [-0.3, -0.25) is 4.79 Å². The molecule has 0 bridgehead atoms. The number of hydrogen-bond donors (Lipinski definition) is 0. The Labute approximate surface area is 313 Å². The fourth-order valence-electron chi connectivity index (χ4n) is 5.70. The molecule has 2 heterocycles. The van der Waals surface area contributed by atoms with Crippen LogP contribution >= 0.6 is 71.0 Å². The molecule has 0 N–H and O–H groups in total. The zero-order valence-corrected chi connectivity index (χ0v) is 32.6. The molecule has 0 aliphatic carbocycles. The van der Waals surface area contributed by atoms with Gasteiger partial charge in [0, 0.05) is 41.7 Å². The Balaban J connectivity index is 0.000000188. The fraction of sp³-hybridized carbons (Fsp3) is 0.184. The summed E-state index contributed by atoms with van der Waals surface area (Å²) in [7, 11) is 0. The second kappa shape index (κ2) is 15.4. The van der Waals surface area contributed by atoms with E-state index in [4.69, 9.17) is 23.2 Å². The number of pyridine rings is 2. The number of halogens is 7. The summed E-state index contributed by atoms with van der Waals surface area (Å²) in [5.74, 6) is -0.230. The van der Waals surface area contributed by atoms with Crippen LogP contribution in [0.15, 0.2) is 81.7 Å². The number of hydrogen-bond acceptors (Lipinski definition) is 3. The van der Waals surface area contributed by atoms with Gasteiger partial charge in [0.1, 0.15) is 21.9 Å². The summed E-state index contributed by atoms with van der Waals surface area (Å²) in [6.07, 6.45) is 0.793. The summed E-state index contributed by atoms with van der Waals surface area (Å²) in [5.41, 5.74) is 8.72. The molecule has 10 heteroatoms. The van der Waals surface area contributed by atoms with Crippen LogP contribution in [0.5, 0.6) is 0 Å². The quantitative estimate of drug-likeness (QED) is 0.0951. The number of nitrogens with zero attached hydrogens (tertiary/aromatic N) is 2. The van der Waals surface area contributed by atoms with Crippen molar-refractivity contribution in [3.8, 4) is 22.3 Å². The van der Waals surface area contributed by atoms with Crippen LogP contribution in [0.1, 0.15) is 66.6 Å². The molecular formula is C38H29Br3Cl2F2N2O. The van der Waals surface area contributed by atoms with Gasteiger partial charge in [-0.1, -0.05) is 107 Å². The van der Waals surface area contributed by atoms with Crippen molar-refractivity contribution in [3.63, 3.8) is 0 Å². The highest BCUT2D eigenvalue weighted by Gasteiger charge is 2.21. The van der Waals surface area contributed by atoms with Gasteiger partial charge >= 0.3 is 0 Å². The topological polar surface area (TPSA) is 42.9 Å². The summed E-state index contributed by atoms with van der Waals surface area (Å²) in [4.78, 5) is 20.4. The Morgan fingerprint density at radius 1 is 0.688 bits per heavy atom. The van der Waals surface area contributed by atoms with Crippen molar-refractivity contribution in [2.45, 2.75) is 44.9 Å². The first kappa shape index (κ1) is 36.5. The van der Waals surface area contributed by atoms with Gasteiger partial charge in [-0.05, 0) is 104 Å². The number of alkyl halides is 1. The molecule has 0 aliphatic rings. The molecule has 0 unspecified atom stereocenters. The number of carbonyl (C=O) groups is 1. The first-order valence-corrected chi connectivity index (χ1v) is 18.5. The second-order valence-corrected chi connectivity index (χ2v) is 14.8. The number of aromatic nitrogens is 2. The van der Waals surface area contributed by atoms with Crippen molar-refractivity contribution < 1.29 is 13.6 Å². The van der Waals surface area contributed by atoms with E-state index in [9.17, 15) is 13.6 Å². The molecule has 0 spiro atoms. The van der Waals surface area contributed by atoms with E-state index in [1.165, 1.54) is 24.3 Å². The zero-order valence-electron chi connectivity index (χ0n) is 26.3. The van der Waals surface area contributed by atoms with Gasteiger partial charge in [0.05, 0.1) is 11.0 Å². The van der Waals surface area contributed by atoms with Crippen molar-refractivity contribution in [1.82, 2.24) is 9.97 Å². The molecule has 2 aromatic heterocycles. The Morgan fingerprint density at radius 2 is 1.10 bits per heavy atom. The van der Waals surface area contributed by atoms with E-state index in [0.717, 1.165) is 71.3 Å². The van der Waals surface area contributed by atoms with E-state index < -0.39 is 0 Å². The van der Waals surface area contributed by atoms with Gasteiger partial charge in [0.15, 0.2) is 6.29 Å². The van der Waals surface area contributed by atoms with E-state index in [0.29, 0.717) is 25.9 Å². The molecule has 0 radical (unpaired) electrons. The third-order valence-corrected chi connectivity index (χ3v) is 10.5. The van der Waals surface area contributed by atoms with Crippen LogP contribution in [0.3, 0.4) is 0 Å². The zero-order chi connectivity index (χ0) is 34.9. The number of fused-ring (bicyclic) bond motifs is 2. The molecule has 48 heavy (non-hydrogen) atoms. The van der Waals surface area contributed by atoms with E-state index in [1.807, 2.05) is 19.9 Å². The fourth-order valence-corrected chi connectivity index (χ4v) is 8.25. The minimum atomic E-state index is -0.300. The lowest BCUT2D eigenvalue weighted by molar-refractivity contribution is 0.112. The third-order valence-electron chi connectivity index (χ3n) is 7.93. The Hall–Kier alpha value is -2.75.